The van der Waals surface area contributed by atoms with Crippen molar-refractivity contribution in [3.63, 3.8) is 0 Å². The molecule has 3 aliphatic rings. The predicted octanol–water partition coefficient (Wildman–Crippen LogP) is 3.28. The third-order valence-electron chi connectivity index (χ3n) is 6.09. The van der Waals surface area contributed by atoms with Crippen LogP contribution in [0.25, 0.3) is 0 Å². The highest BCUT2D eigenvalue weighted by Gasteiger charge is 2.40. The first-order valence-corrected chi connectivity index (χ1v) is 9.65. The van der Waals surface area contributed by atoms with E-state index in [1.54, 1.807) is 0 Å². The highest BCUT2D eigenvalue weighted by molar-refractivity contribution is 5.75. The van der Waals surface area contributed by atoms with Gasteiger partial charge in [0, 0.05) is 39.2 Å². The summed E-state index contributed by atoms with van der Waals surface area (Å²) in [5.41, 5.74) is 1.40. The molecule has 132 valence electrons. The number of benzene rings is 1. The quantitative estimate of drug-likeness (QED) is 0.920. The van der Waals surface area contributed by atoms with E-state index < -0.39 is 0 Å². The molecule has 1 aromatic carbocycles. The van der Waals surface area contributed by atoms with Crippen LogP contribution in [0.3, 0.4) is 0 Å². The van der Waals surface area contributed by atoms with Crippen molar-refractivity contribution in [3.05, 3.63) is 35.9 Å². The monoisotopic (exact) mass is 329 g/mol. The topological polar surface area (TPSA) is 35.6 Å². The van der Waals surface area contributed by atoms with Gasteiger partial charge in [0.25, 0.3) is 0 Å². The Labute approximate surface area is 146 Å². The Balaban J connectivity index is 0.00000182. The van der Waals surface area contributed by atoms with Crippen molar-refractivity contribution >= 4 is 6.03 Å². The van der Waals surface area contributed by atoms with Crippen molar-refractivity contribution in [1.29, 1.82) is 0 Å². The van der Waals surface area contributed by atoms with Gasteiger partial charge in [-0.1, -0.05) is 30.3 Å². The number of fused-ring (bicyclic) bond motifs is 2. The summed E-state index contributed by atoms with van der Waals surface area (Å²) >= 11 is 0. The summed E-state index contributed by atoms with van der Waals surface area (Å²) in [4.78, 5) is 17.4. The first-order valence-electron chi connectivity index (χ1n) is 9.65. The minimum Gasteiger partial charge on any atom is -0.334 e. The van der Waals surface area contributed by atoms with Crippen molar-refractivity contribution in [2.75, 3.05) is 19.6 Å². The standard InChI is InChI=1S/C20H29N3O.H2/c24-20(23-18-7-4-8-19(23)10-9-18)21-17-12-14-22(15-17)13-11-16-5-2-1-3-6-16;/h1-3,5-6,17-19H,4,7-15H2,(H,21,24);1H/t17-,18?,19?;/m0./s1. The molecule has 2 unspecified atom stereocenters. The number of hydrogen-bond acceptors (Lipinski definition) is 2. The van der Waals surface area contributed by atoms with Gasteiger partial charge in [-0.2, -0.15) is 0 Å². The van der Waals surface area contributed by atoms with Gasteiger partial charge in [0.2, 0.25) is 0 Å². The number of nitrogens with one attached hydrogen (secondary N) is 1. The SMILES string of the molecule is O=C(N[C@H]1CCN(CCc2ccccc2)C1)N1C2CCCC1CC2.[HH]. The van der Waals surface area contributed by atoms with E-state index in [1.807, 2.05) is 0 Å². The Bertz CT molecular complexity index is 551. The van der Waals surface area contributed by atoms with Gasteiger partial charge >= 0.3 is 6.03 Å². The van der Waals surface area contributed by atoms with Gasteiger partial charge in [-0.3, -0.25) is 0 Å². The fourth-order valence-electron chi connectivity index (χ4n) is 4.78. The Morgan fingerprint density at radius 3 is 2.58 bits per heavy atom. The molecule has 3 fully saturated rings. The lowest BCUT2D eigenvalue weighted by Gasteiger charge is -2.35. The second-order valence-electron chi connectivity index (χ2n) is 7.69. The molecule has 3 saturated heterocycles. The molecule has 2 amide bonds. The van der Waals surface area contributed by atoms with Crippen LogP contribution in [-0.4, -0.2) is 53.6 Å². The maximum Gasteiger partial charge on any atom is 0.318 e. The molecule has 0 radical (unpaired) electrons. The van der Waals surface area contributed by atoms with Gasteiger partial charge < -0.3 is 15.1 Å². The number of piperidine rings is 1. The van der Waals surface area contributed by atoms with E-state index in [0.717, 1.165) is 32.5 Å². The zero-order chi connectivity index (χ0) is 16.4. The molecule has 0 spiro atoms. The molecule has 4 nitrogen and oxygen atoms in total. The van der Waals surface area contributed by atoms with Crippen molar-refractivity contribution in [1.82, 2.24) is 15.1 Å². The van der Waals surface area contributed by atoms with Crippen molar-refractivity contribution in [2.45, 2.75) is 63.1 Å². The Hall–Kier alpha value is -1.55. The molecule has 2 bridgehead atoms. The van der Waals surface area contributed by atoms with Crippen LogP contribution < -0.4 is 5.32 Å². The number of carbonyl (C=O) groups is 1. The molecule has 3 heterocycles. The number of nitrogens with zero attached hydrogens (tertiary/aromatic N) is 2. The second-order valence-corrected chi connectivity index (χ2v) is 7.69. The average molecular weight is 329 g/mol. The van der Waals surface area contributed by atoms with Crippen molar-refractivity contribution < 1.29 is 6.22 Å². The van der Waals surface area contributed by atoms with Crippen LogP contribution in [-0.2, 0) is 6.42 Å². The molecule has 4 heteroatoms. The highest BCUT2D eigenvalue weighted by Crippen LogP contribution is 2.35. The maximum absolute atomic E-state index is 12.7. The fraction of sp³-hybridized carbons (Fsp3) is 0.650. The van der Waals surface area contributed by atoms with Crippen LogP contribution in [0, 0.1) is 0 Å². The van der Waals surface area contributed by atoms with E-state index in [0.29, 0.717) is 18.1 Å². The minimum atomic E-state index is 0. The number of carbonyl (C=O) groups excluding carboxylic acids is 1. The van der Waals surface area contributed by atoms with Crippen LogP contribution in [0.1, 0.15) is 45.5 Å². The molecule has 0 saturated carbocycles. The van der Waals surface area contributed by atoms with Crippen LogP contribution in [0.15, 0.2) is 30.3 Å². The Kier molecular flexibility index (Phi) is 4.74. The van der Waals surface area contributed by atoms with E-state index in [9.17, 15) is 4.79 Å². The molecule has 1 N–H and O–H groups in total. The van der Waals surface area contributed by atoms with Crippen LogP contribution in [0.2, 0.25) is 0 Å². The second kappa shape index (κ2) is 7.14. The number of likely N-dealkylation sites (tertiary alicyclic amines) is 1. The number of urea groups is 1. The van der Waals surface area contributed by atoms with E-state index >= 15 is 0 Å². The van der Waals surface area contributed by atoms with E-state index in [1.165, 1.54) is 37.7 Å². The van der Waals surface area contributed by atoms with Crippen molar-refractivity contribution in [3.8, 4) is 0 Å². The lowest BCUT2D eigenvalue weighted by Crippen LogP contribution is -2.52. The maximum atomic E-state index is 12.7. The lowest BCUT2D eigenvalue weighted by molar-refractivity contribution is 0.144. The summed E-state index contributed by atoms with van der Waals surface area (Å²) in [7, 11) is 0. The first kappa shape index (κ1) is 15.9. The fourth-order valence-corrected chi connectivity index (χ4v) is 4.78. The molecular formula is C20H31N3O. The third kappa shape index (κ3) is 3.44. The van der Waals surface area contributed by atoms with Gasteiger partial charge in [-0.15, -0.1) is 0 Å². The Morgan fingerprint density at radius 1 is 1.08 bits per heavy atom. The van der Waals surface area contributed by atoms with Gasteiger partial charge in [0.15, 0.2) is 0 Å². The number of amides is 2. The molecule has 3 atom stereocenters. The van der Waals surface area contributed by atoms with E-state index in [-0.39, 0.29) is 7.46 Å². The molecule has 0 aromatic heterocycles. The Morgan fingerprint density at radius 2 is 1.83 bits per heavy atom. The molecule has 3 aliphatic heterocycles. The third-order valence-corrected chi connectivity index (χ3v) is 6.09. The number of hydrogen-bond donors (Lipinski definition) is 1. The number of rotatable bonds is 4. The van der Waals surface area contributed by atoms with E-state index in [4.69, 9.17) is 0 Å². The van der Waals surface area contributed by atoms with Crippen LogP contribution >= 0.6 is 0 Å². The van der Waals surface area contributed by atoms with E-state index in [2.05, 4.69) is 45.4 Å². The largest absolute Gasteiger partial charge is 0.334 e. The molecular weight excluding hydrogens is 298 g/mol. The molecule has 1 aromatic rings. The normalized spacial score (nSPS) is 29.8. The summed E-state index contributed by atoms with van der Waals surface area (Å²) in [6.07, 6.45) is 8.32. The first-order chi connectivity index (χ1) is 11.8. The van der Waals surface area contributed by atoms with Crippen LogP contribution in [0.4, 0.5) is 4.79 Å². The smallest absolute Gasteiger partial charge is 0.318 e. The molecule has 0 aliphatic carbocycles. The zero-order valence-corrected chi connectivity index (χ0v) is 14.5. The highest BCUT2D eigenvalue weighted by atomic mass is 16.2. The summed E-state index contributed by atoms with van der Waals surface area (Å²) in [6.45, 7) is 3.19. The van der Waals surface area contributed by atoms with Gasteiger partial charge in [0.05, 0.1) is 0 Å². The lowest BCUT2D eigenvalue weighted by atomic mass is 10.0. The predicted molar refractivity (Wildman–Crippen MR) is 98.1 cm³/mol. The minimum absolute atomic E-state index is 0. The zero-order valence-electron chi connectivity index (χ0n) is 14.5. The van der Waals surface area contributed by atoms with Gasteiger partial charge in [0.1, 0.15) is 0 Å². The van der Waals surface area contributed by atoms with Crippen LogP contribution in [0.5, 0.6) is 0 Å². The average Bonchev–Trinajstić information content (AvgIpc) is 3.15. The summed E-state index contributed by atoms with van der Waals surface area (Å²) in [5.74, 6) is 0. The van der Waals surface area contributed by atoms with Gasteiger partial charge in [-0.25, -0.2) is 4.79 Å². The van der Waals surface area contributed by atoms with Crippen molar-refractivity contribution in [2.24, 2.45) is 0 Å². The summed E-state index contributed by atoms with van der Waals surface area (Å²) in [5, 5.41) is 3.32. The summed E-state index contributed by atoms with van der Waals surface area (Å²) < 4.78 is 0. The molecule has 4 rings (SSSR count). The van der Waals surface area contributed by atoms with Gasteiger partial charge in [-0.05, 0) is 50.5 Å². The molecule has 24 heavy (non-hydrogen) atoms. The summed E-state index contributed by atoms with van der Waals surface area (Å²) in [6, 6.07) is 12.2.